The van der Waals surface area contributed by atoms with Crippen LogP contribution in [0.4, 0.5) is 5.69 Å². The SMILES string of the molecule is COc1ccc(N[C@@H](c2ccncc2)c2c(C)[nH]c3ccccc23)c(OC)c1. The van der Waals surface area contributed by atoms with Gasteiger partial charge in [0, 0.05) is 40.6 Å². The number of rotatable bonds is 6. The first-order valence-electron chi connectivity index (χ1n) is 9.17. The summed E-state index contributed by atoms with van der Waals surface area (Å²) in [4.78, 5) is 7.68. The van der Waals surface area contributed by atoms with Crippen LogP contribution in [-0.4, -0.2) is 24.2 Å². The molecule has 0 saturated heterocycles. The molecule has 0 aliphatic rings. The van der Waals surface area contributed by atoms with Crippen LogP contribution in [0.3, 0.4) is 0 Å². The molecule has 2 heterocycles. The number of aryl methyl sites for hydroxylation is 1. The Balaban J connectivity index is 1.85. The molecule has 0 aliphatic heterocycles. The van der Waals surface area contributed by atoms with E-state index in [-0.39, 0.29) is 6.04 Å². The van der Waals surface area contributed by atoms with Gasteiger partial charge in [-0.3, -0.25) is 4.98 Å². The average molecular weight is 373 g/mol. The summed E-state index contributed by atoms with van der Waals surface area (Å²) in [5.41, 5.74) is 5.48. The van der Waals surface area contributed by atoms with Crippen LogP contribution in [0, 0.1) is 6.92 Å². The highest BCUT2D eigenvalue weighted by molar-refractivity contribution is 5.86. The molecular formula is C23H23N3O2. The monoisotopic (exact) mass is 373 g/mol. The van der Waals surface area contributed by atoms with Crippen molar-refractivity contribution in [3.05, 3.63) is 83.8 Å². The Morgan fingerprint density at radius 1 is 0.964 bits per heavy atom. The first-order chi connectivity index (χ1) is 13.7. The van der Waals surface area contributed by atoms with E-state index in [4.69, 9.17) is 9.47 Å². The van der Waals surface area contributed by atoms with Gasteiger partial charge in [-0.25, -0.2) is 0 Å². The largest absolute Gasteiger partial charge is 0.497 e. The lowest BCUT2D eigenvalue weighted by atomic mass is 9.96. The van der Waals surface area contributed by atoms with Crippen molar-refractivity contribution in [1.29, 1.82) is 0 Å². The van der Waals surface area contributed by atoms with Gasteiger partial charge in [0.05, 0.1) is 25.9 Å². The van der Waals surface area contributed by atoms with Crippen LogP contribution < -0.4 is 14.8 Å². The molecule has 4 rings (SSSR count). The molecule has 142 valence electrons. The molecule has 2 aromatic carbocycles. The van der Waals surface area contributed by atoms with Crippen LogP contribution in [0.5, 0.6) is 11.5 Å². The number of methoxy groups -OCH3 is 2. The van der Waals surface area contributed by atoms with Gasteiger partial charge in [0.2, 0.25) is 0 Å². The summed E-state index contributed by atoms with van der Waals surface area (Å²) in [7, 11) is 3.31. The Labute approximate surface area is 164 Å². The molecular weight excluding hydrogens is 350 g/mol. The highest BCUT2D eigenvalue weighted by atomic mass is 16.5. The Morgan fingerprint density at radius 3 is 2.50 bits per heavy atom. The van der Waals surface area contributed by atoms with Crippen LogP contribution in [0.1, 0.15) is 22.9 Å². The maximum Gasteiger partial charge on any atom is 0.145 e. The lowest BCUT2D eigenvalue weighted by molar-refractivity contribution is 0.395. The Morgan fingerprint density at radius 2 is 1.75 bits per heavy atom. The molecule has 0 spiro atoms. The molecule has 5 nitrogen and oxygen atoms in total. The smallest absolute Gasteiger partial charge is 0.145 e. The summed E-state index contributed by atoms with van der Waals surface area (Å²) in [6, 6.07) is 18.2. The summed E-state index contributed by atoms with van der Waals surface area (Å²) in [5, 5.41) is 4.87. The van der Waals surface area contributed by atoms with Crippen molar-refractivity contribution in [1.82, 2.24) is 9.97 Å². The fourth-order valence-electron chi connectivity index (χ4n) is 3.62. The zero-order chi connectivity index (χ0) is 19.5. The third-order valence-electron chi connectivity index (χ3n) is 4.98. The fraction of sp³-hybridized carbons (Fsp3) is 0.174. The first-order valence-corrected chi connectivity index (χ1v) is 9.17. The van der Waals surface area contributed by atoms with Crippen LogP contribution >= 0.6 is 0 Å². The maximum absolute atomic E-state index is 5.60. The molecule has 0 aliphatic carbocycles. The summed E-state index contributed by atoms with van der Waals surface area (Å²) in [5.74, 6) is 1.49. The zero-order valence-electron chi connectivity index (χ0n) is 16.2. The second-order valence-corrected chi connectivity index (χ2v) is 6.63. The van der Waals surface area contributed by atoms with E-state index in [9.17, 15) is 0 Å². The highest BCUT2D eigenvalue weighted by Gasteiger charge is 2.22. The number of H-pyrrole nitrogens is 1. The molecule has 5 heteroatoms. The first kappa shape index (κ1) is 17.9. The number of anilines is 1. The van der Waals surface area contributed by atoms with Gasteiger partial charge in [-0.15, -0.1) is 0 Å². The number of nitrogens with zero attached hydrogens (tertiary/aromatic N) is 1. The van der Waals surface area contributed by atoms with Gasteiger partial charge >= 0.3 is 0 Å². The molecule has 0 unspecified atom stereocenters. The van der Waals surface area contributed by atoms with Crippen molar-refractivity contribution < 1.29 is 9.47 Å². The van der Waals surface area contributed by atoms with Gasteiger partial charge in [0.1, 0.15) is 11.5 Å². The topological polar surface area (TPSA) is 59.2 Å². The number of hydrogen-bond donors (Lipinski definition) is 2. The lowest BCUT2D eigenvalue weighted by Crippen LogP contribution is -2.14. The second kappa shape index (κ2) is 7.64. The van der Waals surface area contributed by atoms with Crippen LogP contribution in [0.2, 0.25) is 0 Å². The number of ether oxygens (including phenoxy) is 2. The van der Waals surface area contributed by atoms with E-state index < -0.39 is 0 Å². The summed E-state index contributed by atoms with van der Waals surface area (Å²) < 4.78 is 10.9. The number of fused-ring (bicyclic) bond motifs is 1. The number of aromatic nitrogens is 2. The number of benzene rings is 2. The number of aromatic amines is 1. The van der Waals surface area contributed by atoms with Crippen molar-refractivity contribution in [3.63, 3.8) is 0 Å². The van der Waals surface area contributed by atoms with Gasteiger partial charge in [-0.2, -0.15) is 0 Å². The minimum atomic E-state index is -0.0681. The van der Waals surface area contributed by atoms with Crippen LogP contribution in [-0.2, 0) is 0 Å². The standard InChI is InChI=1S/C23H23N3O2/c1-15-22(18-6-4-5-7-19(18)25-15)23(16-10-12-24-13-11-16)26-20-9-8-17(27-2)14-21(20)28-3/h4-14,23,25-26H,1-3H3/t23-/m0/s1. The number of hydrogen-bond acceptors (Lipinski definition) is 4. The van der Waals surface area contributed by atoms with Gasteiger partial charge < -0.3 is 19.8 Å². The van der Waals surface area contributed by atoms with Crippen LogP contribution in [0.25, 0.3) is 10.9 Å². The van der Waals surface area contributed by atoms with Crippen LogP contribution in [0.15, 0.2) is 67.0 Å². The third-order valence-corrected chi connectivity index (χ3v) is 4.98. The molecule has 4 aromatic rings. The van der Waals surface area contributed by atoms with Crippen molar-refractivity contribution in [2.45, 2.75) is 13.0 Å². The van der Waals surface area contributed by atoms with E-state index in [0.29, 0.717) is 0 Å². The van der Waals surface area contributed by atoms with E-state index in [1.807, 2.05) is 48.8 Å². The molecule has 0 amide bonds. The van der Waals surface area contributed by atoms with Gasteiger partial charge in [0.15, 0.2) is 0 Å². The van der Waals surface area contributed by atoms with Crippen molar-refractivity contribution >= 4 is 16.6 Å². The second-order valence-electron chi connectivity index (χ2n) is 6.63. The third kappa shape index (κ3) is 3.27. The quantitative estimate of drug-likeness (QED) is 0.494. The minimum Gasteiger partial charge on any atom is -0.497 e. The molecule has 28 heavy (non-hydrogen) atoms. The number of para-hydroxylation sites is 1. The normalized spacial score (nSPS) is 12.0. The molecule has 0 radical (unpaired) electrons. The predicted octanol–water partition coefficient (Wildman–Crippen LogP) is 5.09. The van der Waals surface area contributed by atoms with Gasteiger partial charge in [-0.05, 0) is 42.8 Å². The number of pyridine rings is 1. The summed E-state index contributed by atoms with van der Waals surface area (Å²) in [6.07, 6.45) is 3.64. The van der Waals surface area contributed by atoms with E-state index in [2.05, 4.69) is 40.4 Å². The van der Waals surface area contributed by atoms with E-state index in [1.54, 1.807) is 14.2 Å². The predicted molar refractivity (Wildman–Crippen MR) is 112 cm³/mol. The Bertz CT molecular complexity index is 1090. The van der Waals surface area contributed by atoms with Crippen molar-refractivity contribution in [3.8, 4) is 11.5 Å². The Hall–Kier alpha value is -3.47. The van der Waals surface area contributed by atoms with Gasteiger partial charge in [-0.1, -0.05) is 18.2 Å². The van der Waals surface area contributed by atoms with Crippen molar-refractivity contribution in [2.75, 3.05) is 19.5 Å². The molecule has 2 aromatic heterocycles. The molecule has 2 N–H and O–H groups in total. The Kier molecular flexibility index (Phi) is 4.89. The molecule has 1 atom stereocenters. The summed E-state index contributed by atoms with van der Waals surface area (Å²) >= 11 is 0. The van der Waals surface area contributed by atoms with E-state index >= 15 is 0 Å². The minimum absolute atomic E-state index is 0.0681. The van der Waals surface area contributed by atoms with Crippen molar-refractivity contribution in [2.24, 2.45) is 0 Å². The number of nitrogens with one attached hydrogen (secondary N) is 2. The molecule has 0 bridgehead atoms. The lowest BCUT2D eigenvalue weighted by Gasteiger charge is -2.23. The zero-order valence-corrected chi connectivity index (χ0v) is 16.2. The van der Waals surface area contributed by atoms with Gasteiger partial charge in [0.25, 0.3) is 0 Å². The average Bonchev–Trinajstić information content (AvgIpc) is 3.08. The highest BCUT2D eigenvalue weighted by Crippen LogP contribution is 2.37. The fourth-order valence-corrected chi connectivity index (χ4v) is 3.62. The van der Waals surface area contributed by atoms with E-state index in [1.165, 1.54) is 10.9 Å². The summed E-state index contributed by atoms with van der Waals surface area (Å²) in [6.45, 7) is 2.11. The van der Waals surface area contributed by atoms with E-state index in [0.717, 1.165) is 34.0 Å². The maximum atomic E-state index is 5.60. The molecule has 0 saturated carbocycles. The molecule has 0 fully saturated rings.